The van der Waals surface area contributed by atoms with Crippen molar-refractivity contribution in [2.75, 3.05) is 41.7 Å². The zero-order valence-corrected chi connectivity index (χ0v) is 14.6. The molecule has 1 aliphatic heterocycles. The third-order valence-corrected chi connectivity index (χ3v) is 6.21. The summed E-state index contributed by atoms with van der Waals surface area (Å²) in [5.41, 5.74) is 18.5. The second kappa shape index (κ2) is 6.37. The van der Waals surface area contributed by atoms with Gasteiger partial charge in [-0.25, -0.2) is 8.42 Å². The summed E-state index contributed by atoms with van der Waals surface area (Å²) in [6.07, 6.45) is 0. The maximum atomic E-state index is 13.1. The van der Waals surface area contributed by atoms with Crippen molar-refractivity contribution in [1.82, 2.24) is 15.3 Å². The summed E-state index contributed by atoms with van der Waals surface area (Å²) in [5.74, 6) is 0.228. The number of piperazine rings is 1. The Morgan fingerprint density at radius 3 is 2.52 bits per heavy atom. The van der Waals surface area contributed by atoms with E-state index >= 15 is 0 Å². The molecule has 1 atom stereocenters. The first-order chi connectivity index (χ1) is 11.8. The number of anilines is 4. The van der Waals surface area contributed by atoms with E-state index in [2.05, 4.69) is 15.3 Å². The molecule has 0 radical (unpaired) electrons. The van der Waals surface area contributed by atoms with Gasteiger partial charge >= 0.3 is 0 Å². The van der Waals surface area contributed by atoms with Crippen molar-refractivity contribution in [3.63, 3.8) is 0 Å². The fourth-order valence-electron chi connectivity index (χ4n) is 2.79. The van der Waals surface area contributed by atoms with Gasteiger partial charge in [0.15, 0.2) is 11.6 Å². The highest BCUT2D eigenvalue weighted by molar-refractivity contribution is 7.92. The lowest BCUT2D eigenvalue weighted by molar-refractivity contribution is 0.516. The van der Waals surface area contributed by atoms with E-state index in [4.69, 9.17) is 17.2 Å². The van der Waals surface area contributed by atoms with Crippen LogP contribution in [-0.2, 0) is 9.84 Å². The van der Waals surface area contributed by atoms with Crippen LogP contribution in [0.5, 0.6) is 0 Å². The first-order valence-electron chi connectivity index (χ1n) is 7.77. The van der Waals surface area contributed by atoms with Gasteiger partial charge < -0.3 is 27.4 Å². The standard InChI is InChI=1S/C15H21N7O2S/c1-9-2-4-10(5-3-9)25(23,24)11-8-19-6-7-22(11)14-12(16)13(17)20-15(18)21-14/h2-5,11,19H,6-8,16H2,1H3,(H4,17,18,20,21). The van der Waals surface area contributed by atoms with Crippen molar-refractivity contribution in [3.05, 3.63) is 29.8 Å². The van der Waals surface area contributed by atoms with Gasteiger partial charge in [-0.15, -0.1) is 0 Å². The molecule has 1 aliphatic rings. The van der Waals surface area contributed by atoms with E-state index in [1.165, 1.54) is 0 Å². The highest BCUT2D eigenvalue weighted by Crippen LogP contribution is 2.31. The number of benzene rings is 1. The van der Waals surface area contributed by atoms with Crippen molar-refractivity contribution in [2.24, 2.45) is 0 Å². The molecule has 25 heavy (non-hydrogen) atoms. The molecule has 134 valence electrons. The molecule has 3 rings (SSSR count). The molecule has 1 saturated heterocycles. The predicted molar refractivity (Wildman–Crippen MR) is 97.6 cm³/mol. The number of nitrogens with one attached hydrogen (secondary N) is 1. The molecule has 0 aliphatic carbocycles. The van der Waals surface area contributed by atoms with Gasteiger partial charge in [0, 0.05) is 19.6 Å². The third-order valence-electron chi connectivity index (χ3n) is 4.15. The summed E-state index contributed by atoms with van der Waals surface area (Å²) in [5, 5.41) is 2.23. The number of nitrogens with zero attached hydrogens (tertiary/aromatic N) is 3. The predicted octanol–water partition coefficient (Wildman–Crippen LogP) is -0.259. The van der Waals surface area contributed by atoms with E-state index in [0.29, 0.717) is 13.1 Å². The number of hydrogen-bond donors (Lipinski definition) is 4. The Hall–Kier alpha value is -2.59. The van der Waals surface area contributed by atoms with Gasteiger partial charge in [-0.1, -0.05) is 17.7 Å². The zero-order chi connectivity index (χ0) is 18.2. The monoisotopic (exact) mass is 363 g/mol. The van der Waals surface area contributed by atoms with E-state index in [1.807, 2.05) is 6.92 Å². The van der Waals surface area contributed by atoms with Crippen LogP contribution in [0.25, 0.3) is 0 Å². The topological polar surface area (TPSA) is 153 Å². The van der Waals surface area contributed by atoms with Crippen molar-refractivity contribution in [3.8, 4) is 0 Å². The fraction of sp³-hybridized carbons (Fsp3) is 0.333. The highest BCUT2D eigenvalue weighted by atomic mass is 32.2. The van der Waals surface area contributed by atoms with Crippen LogP contribution in [0.2, 0.25) is 0 Å². The number of sulfone groups is 1. The van der Waals surface area contributed by atoms with Gasteiger partial charge in [-0.05, 0) is 19.1 Å². The van der Waals surface area contributed by atoms with Crippen molar-refractivity contribution in [2.45, 2.75) is 17.2 Å². The second-order valence-corrected chi connectivity index (χ2v) is 8.02. The van der Waals surface area contributed by atoms with Crippen molar-refractivity contribution >= 4 is 33.1 Å². The quantitative estimate of drug-likeness (QED) is 0.577. The Bertz CT molecular complexity index is 883. The van der Waals surface area contributed by atoms with Crippen LogP contribution in [0.4, 0.5) is 23.3 Å². The number of rotatable bonds is 3. The molecule has 0 bridgehead atoms. The van der Waals surface area contributed by atoms with Crippen LogP contribution >= 0.6 is 0 Å². The van der Waals surface area contributed by atoms with E-state index in [1.54, 1.807) is 29.2 Å². The van der Waals surface area contributed by atoms with Crippen LogP contribution in [0.1, 0.15) is 5.56 Å². The Labute approximate surface area is 146 Å². The molecule has 9 nitrogen and oxygen atoms in total. The minimum absolute atomic E-state index is 0.0347. The zero-order valence-electron chi connectivity index (χ0n) is 13.8. The molecule has 2 aromatic rings. The van der Waals surface area contributed by atoms with E-state index < -0.39 is 15.2 Å². The lowest BCUT2D eigenvalue weighted by Crippen LogP contribution is -2.55. The average Bonchev–Trinajstić information content (AvgIpc) is 2.58. The van der Waals surface area contributed by atoms with Crippen LogP contribution in [-0.4, -0.2) is 43.4 Å². The van der Waals surface area contributed by atoms with Crippen molar-refractivity contribution in [1.29, 1.82) is 0 Å². The molecule has 0 amide bonds. The van der Waals surface area contributed by atoms with E-state index in [0.717, 1.165) is 5.56 Å². The molecule has 0 spiro atoms. The van der Waals surface area contributed by atoms with Gasteiger partial charge in [0.2, 0.25) is 15.8 Å². The number of aromatic nitrogens is 2. The number of aryl methyl sites for hydroxylation is 1. The summed E-state index contributed by atoms with van der Waals surface area (Å²) >= 11 is 0. The lowest BCUT2D eigenvalue weighted by atomic mass is 10.2. The molecule has 1 aromatic heterocycles. The van der Waals surface area contributed by atoms with E-state index in [9.17, 15) is 8.42 Å². The van der Waals surface area contributed by atoms with Crippen LogP contribution in [0.15, 0.2) is 29.2 Å². The molecule has 2 heterocycles. The molecular formula is C15H21N7O2S. The average molecular weight is 363 g/mol. The van der Waals surface area contributed by atoms with Crippen LogP contribution in [0, 0.1) is 6.92 Å². The Morgan fingerprint density at radius 2 is 1.84 bits per heavy atom. The van der Waals surface area contributed by atoms with E-state index in [-0.39, 0.29) is 34.7 Å². The van der Waals surface area contributed by atoms with Gasteiger partial charge in [0.1, 0.15) is 11.1 Å². The summed E-state index contributed by atoms with van der Waals surface area (Å²) in [6.45, 7) is 3.12. The highest BCUT2D eigenvalue weighted by Gasteiger charge is 2.37. The third kappa shape index (κ3) is 3.17. The Balaban J connectivity index is 2.06. The summed E-state index contributed by atoms with van der Waals surface area (Å²) in [7, 11) is -3.65. The van der Waals surface area contributed by atoms with Gasteiger partial charge in [0.25, 0.3) is 0 Å². The number of hydrogen-bond acceptors (Lipinski definition) is 9. The van der Waals surface area contributed by atoms with Gasteiger partial charge in [-0.3, -0.25) is 0 Å². The first kappa shape index (κ1) is 17.2. The Morgan fingerprint density at radius 1 is 1.16 bits per heavy atom. The SMILES string of the molecule is Cc1ccc(S(=O)(=O)C2CNCCN2c2nc(N)nc(N)c2N)cc1. The van der Waals surface area contributed by atoms with Crippen molar-refractivity contribution < 1.29 is 8.42 Å². The molecule has 10 heteroatoms. The van der Waals surface area contributed by atoms with Gasteiger partial charge in [0.05, 0.1) is 4.90 Å². The Kier molecular flexibility index (Phi) is 4.39. The maximum absolute atomic E-state index is 13.1. The fourth-order valence-corrected chi connectivity index (χ4v) is 4.50. The summed E-state index contributed by atoms with van der Waals surface area (Å²) in [4.78, 5) is 9.80. The minimum atomic E-state index is -3.65. The molecule has 1 fully saturated rings. The molecule has 1 unspecified atom stereocenters. The summed E-state index contributed by atoms with van der Waals surface area (Å²) < 4.78 is 26.3. The molecule has 0 saturated carbocycles. The second-order valence-electron chi connectivity index (χ2n) is 5.91. The molecular weight excluding hydrogens is 342 g/mol. The van der Waals surface area contributed by atoms with Gasteiger partial charge in [-0.2, -0.15) is 9.97 Å². The summed E-state index contributed by atoms with van der Waals surface area (Å²) in [6, 6.07) is 6.73. The molecule has 1 aromatic carbocycles. The lowest BCUT2D eigenvalue weighted by Gasteiger charge is -2.37. The number of nitrogen functional groups attached to an aromatic ring is 3. The first-order valence-corrected chi connectivity index (χ1v) is 9.31. The van der Waals surface area contributed by atoms with Crippen LogP contribution < -0.4 is 27.4 Å². The molecule has 7 N–H and O–H groups in total. The minimum Gasteiger partial charge on any atom is -0.393 e. The normalized spacial score (nSPS) is 18.3. The largest absolute Gasteiger partial charge is 0.393 e. The van der Waals surface area contributed by atoms with Crippen LogP contribution in [0.3, 0.4) is 0 Å². The maximum Gasteiger partial charge on any atom is 0.224 e. The smallest absolute Gasteiger partial charge is 0.224 e. The number of nitrogens with two attached hydrogens (primary N) is 3.